The van der Waals surface area contributed by atoms with Gasteiger partial charge in [0, 0.05) is 12.3 Å². The maximum absolute atomic E-state index is 12.8. The molecule has 1 aromatic heterocycles. The summed E-state index contributed by atoms with van der Waals surface area (Å²) in [5.74, 6) is 4.96. The molecule has 13 heteroatoms. The number of hydrogen-bond donors (Lipinski definition) is 3. The molecule has 2 aliphatic heterocycles. The Morgan fingerprint density at radius 2 is 1.72 bits per heavy atom. The van der Waals surface area contributed by atoms with Crippen molar-refractivity contribution >= 4 is 22.5 Å². The topological polar surface area (TPSA) is 150 Å². The molecule has 1 spiro atoms. The molecular weight excluding hydrogens is 500 g/mol. The quantitative estimate of drug-likeness (QED) is 0.156. The predicted octanol–water partition coefficient (Wildman–Crippen LogP) is 1.97. The number of epoxide rings is 1. The Balaban J connectivity index is 2.10. The Morgan fingerprint density at radius 1 is 1.14 bits per heavy atom. The molecule has 5 atom stereocenters. The summed E-state index contributed by atoms with van der Waals surface area (Å²) in [6, 6.07) is 1.25. The van der Waals surface area contributed by atoms with E-state index < -0.39 is 63.9 Å². The third-order valence-electron chi connectivity index (χ3n) is 8.32. The Bertz CT molecular complexity index is 1110. The van der Waals surface area contributed by atoms with E-state index in [1.54, 1.807) is 0 Å². The highest BCUT2D eigenvalue weighted by molar-refractivity contribution is 6.74. The van der Waals surface area contributed by atoms with E-state index in [1.807, 2.05) is 0 Å². The zero-order valence-electron chi connectivity index (χ0n) is 23.1. The molecule has 4 N–H and O–H groups in total. The normalized spacial score (nSPS) is 29.0. The van der Waals surface area contributed by atoms with E-state index >= 15 is 0 Å². The third kappa shape index (κ3) is 5.06. The van der Waals surface area contributed by atoms with Gasteiger partial charge in [-0.1, -0.05) is 41.5 Å². The molecule has 3 heterocycles. The molecule has 0 radical (unpaired) electrons. The molecule has 1 aromatic rings. The van der Waals surface area contributed by atoms with Crippen molar-refractivity contribution in [2.45, 2.75) is 108 Å². The number of aromatic amines is 1. The number of rotatable bonds is 7. The maximum Gasteiger partial charge on any atom is 0.330 e. The highest BCUT2D eigenvalue weighted by Crippen LogP contribution is 2.56. The first-order valence-corrected chi connectivity index (χ1v) is 18.1. The van der Waals surface area contributed by atoms with Gasteiger partial charge < -0.3 is 18.3 Å². The van der Waals surface area contributed by atoms with Crippen LogP contribution in [-0.4, -0.2) is 62.6 Å². The molecule has 0 bridgehead atoms. The van der Waals surface area contributed by atoms with Crippen LogP contribution in [0.5, 0.6) is 0 Å². The largest absolute Gasteiger partial charge is 0.414 e. The Hall–Kier alpha value is -1.62. The fourth-order valence-corrected chi connectivity index (χ4v) is 6.16. The van der Waals surface area contributed by atoms with Crippen LogP contribution in [0, 0.1) is 0 Å². The minimum absolute atomic E-state index is 0.0521. The molecular formula is C23H42N4O7Si2. The predicted molar refractivity (Wildman–Crippen MR) is 140 cm³/mol. The van der Waals surface area contributed by atoms with Gasteiger partial charge in [0.2, 0.25) is 0 Å². The summed E-state index contributed by atoms with van der Waals surface area (Å²) in [6.45, 7) is 21.2. The van der Waals surface area contributed by atoms with E-state index in [9.17, 15) is 14.4 Å². The van der Waals surface area contributed by atoms with Gasteiger partial charge in [0.05, 0.1) is 6.61 Å². The van der Waals surface area contributed by atoms with Gasteiger partial charge in [0.15, 0.2) is 34.6 Å². The highest BCUT2D eigenvalue weighted by atomic mass is 28.4. The number of nitrogens with one attached hydrogen (secondary N) is 2. The maximum atomic E-state index is 12.8. The minimum atomic E-state index is -2.46. The van der Waals surface area contributed by atoms with Crippen molar-refractivity contribution in [3.05, 3.63) is 33.1 Å². The van der Waals surface area contributed by atoms with E-state index in [0.29, 0.717) is 0 Å². The van der Waals surface area contributed by atoms with Gasteiger partial charge in [-0.15, -0.1) is 0 Å². The lowest BCUT2D eigenvalue weighted by molar-refractivity contribution is -0.122. The molecule has 11 nitrogen and oxygen atoms in total. The number of hydrogen-bond acceptors (Lipinski definition) is 8. The number of hydrazine groups is 1. The average molecular weight is 543 g/mol. The fourth-order valence-electron chi connectivity index (χ4n) is 3.87. The Morgan fingerprint density at radius 3 is 2.22 bits per heavy atom. The van der Waals surface area contributed by atoms with Gasteiger partial charge in [0.25, 0.3) is 11.5 Å². The lowest BCUT2D eigenvalue weighted by atomic mass is 9.93. The molecule has 0 saturated carbocycles. The van der Waals surface area contributed by atoms with Crippen molar-refractivity contribution in [3.63, 3.8) is 0 Å². The zero-order chi connectivity index (χ0) is 27.5. The van der Waals surface area contributed by atoms with Gasteiger partial charge >= 0.3 is 5.69 Å². The standard InChI is InChI=1S/C23H42N4O7Si2/c1-21(2,3)35(7,8)31-13-14-23(16(33-23)18(29)26-24)17(34-36(9,10)22(4,5)6)19(32-14)27-12-11-15(28)25-20(27)30/h11-12,14,16-17,19H,13,24H2,1-10H3,(H,26,29)(H,25,28,30)/t14-,16+,17+,19-,23-/m1/s1. The molecule has 204 valence electrons. The van der Waals surface area contributed by atoms with Crippen molar-refractivity contribution in [2.24, 2.45) is 5.84 Å². The second-order valence-electron chi connectivity index (χ2n) is 12.8. The van der Waals surface area contributed by atoms with E-state index in [2.05, 4.69) is 78.1 Å². The lowest BCUT2D eigenvalue weighted by Gasteiger charge is -2.40. The summed E-state index contributed by atoms with van der Waals surface area (Å²) in [6.07, 6.45) is -2.05. The van der Waals surface area contributed by atoms with Crippen molar-refractivity contribution in [3.8, 4) is 0 Å². The van der Waals surface area contributed by atoms with Crippen LogP contribution in [0.15, 0.2) is 21.9 Å². The number of carbonyl (C=O) groups is 1. The van der Waals surface area contributed by atoms with E-state index in [1.165, 1.54) is 16.8 Å². The second-order valence-corrected chi connectivity index (χ2v) is 22.3. The van der Waals surface area contributed by atoms with Crippen molar-refractivity contribution in [1.82, 2.24) is 15.0 Å². The second kappa shape index (κ2) is 9.29. The average Bonchev–Trinajstić information content (AvgIpc) is 3.40. The molecule has 0 aliphatic carbocycles. The van der Waals surface area contributed by atoms with Gasteiger partial charge in [-0.2, -0.15) is 0 Å². The smallest absolute Gasteiger partial charge is 0.330 e. The van der Waals surface area contributed by atoms with Crippen LogP contribution in [-0.2, 0) is 23.1 Å². The summed E-state index contributed by atoms with van der Waals surface area (Å²) in [5, 5.41) is -0.228. The molecule has 1 amide bonds. The number of carbonyl (C=O) groups excluding carboxylic acids is 1. The van der Waals surface area contributed by atoms with Crippen LogP contribution in [0.4, 0.5) is 0 Å². The molecule has 2 fully saturated rings. The first kappa shape index (κ1) is 28.9. The van der Waals surface area contributed by atoms with Crippen LogP contribution in [0.25, 0.3) is 0 Å². The third-order valence-corrected chi connectivity index (χ3v) is 17.3. The van der Waals surface area contributed by atoms with E-state index in [4.69, 9.17) is 24.2 Å². The molecule has 0 unspecified atom stereocenters. The van der Waals surface area contributed by atoms with Gasteiger partial charge in [-0.05, 0) is 36.3 Å². The number of amides is 1. The van der Waals surface area contributed by atoms with Crippen molar-refractivity contribution in [1.29, 1.82) is 0 Å². The zero-order valence-corrected chi connectivity index (χ0v) is 25.1. The Labute approximate surface area is 214 Å². The number of nitrogens with zero attached hydrogens (tertiary/aromatic N) is 1. The van der Waals surface area contributed by atoms with Crippen LogP contribution < -0.4 is 22.5 Å². The van der Waals surface area contributed by atoms with Crippen LogP contribution >= 0.6 is 0 Å². The van der Waals surface area contributed by atoms with Crippen LogP contribution in [0.3, 0.4) is 0 Å². The van der Waals surface area contributed by atoms with Gasteiger partial charge in [0.1, 0.15) is 12.2 Å². The number of aromatic nitrogens is 2. The highest BCUT2D eigenvalue weighted by Gasteiger charge is 2.77. The molecule has 2 saturated heterocycles. The summed E-state index contributed by atoms with van der Waals surface area (Å²) in [4.78, 5) is 39.5. The fraction of sp³-hybridized carbons (Fsp3) is 0.783. The Kier molecular flexibility index (Phi) is 7.47. The first-order valence-electron chi connectivity index (χ1n) is 12.3. The van der Waals surface area contributed by atoms with Crippen molar-refractivity contribution in [2.75, 3.05) is 6.61 Å². The molecule has 0 aromatic carbocycles. The van der Waals surface area contributed by atoms with Gasteiger partial charge in [-0.25, -0.2) is 10.6 Å². The van der Waals surface area contributed by atoms with Crippen molar-refractivity contribution < 1.29 is 23.1 Å². The number of nitrogens with two attached hydrogens (primary N) is 1. The summed E-state index contributed by atoms with van der Waals surface area (Å²) >= 11 is 0. The summed E-state index contributed by atoms with van der Waals surface area (Å²) in [7, 11) is -4.65. The van der Waals surface area contributed by atoms with Crippen LogP contribution in [0.1, 0.15) is 47.8 Å². The SMILES string of the molecule is CC(C)(C)[Si](C)(C)OC[C@H]1O[C@@H](n2ccc(=O)[nH]c2=O)[C@H](O[Si](C)(C)C(C)(C)C)[C@@]12O[C@H]2C(=O)NN. The number of ether oxygens (including phenoxy) is 2. The lowest BCUT2D eigenvalue weighted by Crippen LogP contribution is -2.54. The summed E-state index contributed by atoms with van der Waals surface area (Å²) < 4.78 is 27.1. The van der Waals surface area contributed by atoms with E-state index in [-0.39, 0.29) is 16.7 Å². The van der Waals surface area contributed by atoms with Gasteiger partial charge in [-0.3, -0.25) is 24.6 Å². The molecule has 2 aliphatic rings. The summed E-state index contributed by atoms with van der Waals surface area (Å²) in [5.41, 5.74) is -0.199. The first-order chi connectivity index (χ1) is 16.3. The number of H-pyrrole nitrogens is 1. The molecule has 36 heavy (non-hydrogen) atoms. The minimum Gasteiger partial charge on any atom is -0.414 e. The molecule has 3 rings (SSSR count). The van der Waals surface area contributed by atoms with Crippen LogP contribution in [0.2, 0.25) is 36.3 Å². The monoisotopic (exact) mass is 542 g/mol. The van der Waals surface area contributed by atoms with E-state index in [0.717, 1.165) is 0 Å².